The van der Waals surface area contributed by atoms with Crippen LogP contribution in [0.25, 0.3) is 0 Å². The van der Waals surface area contributed by atoms with Gasteiger partial charge in [0.15, 0.2) is 5.82 Å². The Morgan fingerprint density at radius 2 is 1.94 bits per heavy atom. The minimum atomic E-state index is -3.41. The summed E-state index contributed by atoms with van der Waals surface area (Å²) in [5, 5.41) is 21.2. The quantitative estimate of drug-likeness (QED) is 0.198. The van der Waals surface area contributed by atoms with Crippen LogP contribution < -0.4 is 14.8 Å². The van der Waals surface area contributed by atoms with Gasteiger partial charge < -0.3 is 14.8 Å². The third kappa shape index (κ3) is 4.95. The molecule has 2 aliphatic rings. The van der Waals surface area contributed by atoms with Crippen LogP contribution in [0.3, 0.4) is 0 Å². The van der Waals surface area contributed by atoms with E-state index in [1.165, 1.54) is 24.3 Å². The zero-order chi connectivity index (χ0) is 24.6. The Hall–Kier alpha value is -3.97. The lowest BCUT2D eigenvalue weighted by molar-refractivity contribution is -0.384. The predicted octanol–water partition coefficient (Wildman–Crippen LogP) is 3.71. The van der Waals surface area contributed by atoms with E-state index in [1.54, 1.807) is 18.2 Å². The molecule has 5 rings (SSSR count). The molecule has 1 fully saturated rings. The second kappa shape index (κ2) is 9.00. The molecular formula is C22H21N5O7S. The van der Waals surface area contributed by atoms with Crippen molar-refractivity contribution in [3.63, 3.8) is 0 Å². The summed E-state index contributed by atoms with van der Waals surface area (Å²) < 4.78 is 36.8. The number of hydrogen-bond donors (Lipinski definition) is 3. The van der Waals surface area contributed by atoms with Gasteiger partial charge >= 0.3 is 6.16 Å². The number of benzene rings is 2. The number of ether oxygens (including phenoxy) is 2. The van der Waals surface area contributed by atoms with Gasteiger partial charge in [-0.05, 0) is 55.2 Å². The molecule has 0 bridgehead atoms. The molecule has 35 heavy (non-hydrogen) atoms. The maximum absolute atomic E-state index is 12.1. The van der Waals surface area contributed by atoms with Crippen molar-refractivity contribution < 1.29 is 27.6 Å². The summed E-state index contributed by atoms with van der Waals surface area (Å²) in [7, 11) is -3.41. The van der Waals surface area contributed by atoms with Crippen molar-refractivity contribution in [3.05, 3.63) is 69.9 Å². The minimum absolute atomic E-state index is 0.0982. The van der Waals surface area contributed by atoms with Crippen LogP contribution in [0.1, 0.15) is 36.4 Å². The van der Waals surface area contributed by atoms with Crippen molar-refractivity contribution in [1.82, 2.24) is 14.9 Å². The molecule has 1 saturated carbocycles. The molecule has 2 atom stereocenters. The number of aromatic amines is 1. The molecule has 1 aromatic heterocycles. The Morgan fingerprint density at radius 3 is 2.71 bits per heavy atom. The van der Waals surface area contributed by atoms with Gasteiger partial charge in [0, 0.05) is 42.0 Å². The van der Waals surface area contributed by atoms with Crippen LogP contribution in [0.2, 0.25) is 0 Å². The van der Waals surface area contributed by atoms with Gasteiger partial charge in [-0.25, -0.2) is 17.9 Å². The lowest BCUT2D eigenvalue weighted by atomic mass is 10.0. The molecule has 0 radical (unpaired) electrons. The van der Waals surface area contributed by atoms with Crippen LogP contribution in [0.15, 0.2) is 53.4 Å². The molecule has 0 amide bonds. The Morgan fingerprint density at radius 1 is 1.14 bits per heavy atom. The van der Waals surface area contributed by atoms with E-state index >= 15 is 0 Å². The molecule has 1 aliphatic heterocycles. The standard InChI is InChI=1S/C22H21N5O7S/c28-22(33-17-6-3-16(4-7-17)27(29)30)34-18-5-1-13(10-18)19-11-21(26-25-19)24-15-2-8-20-14(9-15)12-23-35(20,31)32/h2-4,6-9,11,13,18,23H,1,5,10,12H2,(H2,24,25,26)/t13-,18+/m0/s1. The summed E-state index contributed by atoms with van der Waals surface area (Å²) in [6, 6.07) is 12.1. The van der Waals surface area contributed by atoms with Crippen molar-refractivity contribution in [2.24, 2.45) is 0 Å². The van der Waals surface area contributed by atoms with Gasteiger partial charge in [0.2, 0.25) is 10.0 Å². The van der Waals surface area contributed by atoms with Crippen LogP contribution >= 0.6 is 0 Å². The maximum Gasteiger partial charge on any atom is 0.514 e. The number of H-pyrrole nitrogens is 1. The number of fused-ring (bicyclic) bond motifs is 1. The van der Waals surface area contributed by atoms with E-state index in [1.807, 2.05) is 6.07 Å². The number of nitrogens with one attached hydrogen (secondary N) is 3. The number of nitro benzene ring substituents is 1. The number of sulfonamides is 1. The number of nitrogens with zero attached hydrogens (tertiary/aromatic N) is 2. The first-order valence-corrected chi connectivity index (χ1v) is 12.3. The molecule has 2 heterocycles. The highest BCUT2D eigenvalue weighted by Gasteiger charge is 2.31. The van der Waals surface area contributed by atoms with Crippen molar-refractivity contribution in [1.29, 1.82) is 0 Å². The lowest BCUT2D eigenvalue weighted by Crippen LogP contribution is -2.18. The number of hydrogen-bond acceptors (Lipinski definition) is 9. The van der Waals surface area contributed by atoms with Crippen LogP contribution in [0.5, 0.6) is 5.75 Å². The molecule has 0 unspecified atom stereocenters. The Balaban J connectivity index is 1.15. The smallest absolute Gasteiger partial charge is 0.431 e. The van der Waals surface area contributed by atoms with Crippen LogP contribution in [0, 0.1) is 10.1 Å². The Bertz CT molecular complexity index is 1390. The second-order valence-electron chi connectivity index (χ2n) is 8.33. The van der Waals surface area contributed by atoms with Gasteiger partial charge in [-0.3, -0.25) is 15.2 Å². The van der Waals surface area contributed by atoms with E-state index in [-0.39, 0.29) is 34.9 Å². The molecule has 13 heteroatoms. The number of anilines is 2. The minimum Gasteiger partial charge on any atom is -0.431 e. The molecule has 182 valence electrons. The van der Waals surface area contributed by atoms with Gasteiger partial charge in [-0.2, -0.15) is 5.10 Å². The average molecular weight is 500 g/mol. The van der Waals surface area contributed by atoms with E-state index < -0.39 is 21.1 Å². The summed E-state index contributed by atoms with van der Waals surface area (Å²) in [6.45, 7) is 0.259. The monoisotopic (exact) mass is 499 g/mol. The fourth-order valence-corrected chi connectivity index (χ4v) is 5.51. The second-order valence-corrected chi connectivity index (χ2v) is 10.1. The van der Waals surface area contributed by atoms with Gasteiger partial charge in [0.25, 0.3) is 5.69 Å². The Labute approximate surface area is 199 Å². The fourth-order valence-electron chi connectivity index (χ4n) is 4.29. The molecule has 3 N–H and O–H groups in total. The first kappa shape index (κ1) is 22.8. The number of aromatic nitrogens is 2. The van der Waals surface area contributed by atoms with E-state index in [0.717, 1.165) is 17.8 Å². The number of non-ortho nitro benzene ring substituents is 1. The largest absolute Gasteiger partial charge is 0.514 e. The molecule has 1 aliphatic carbocycles. The van der Waals surface area contributed by atoms with Gasteiger partial charge in [-0.1, -0.05) is 0 Å². The first-order chi connectivity index (χ1) is 16.8. The molecule has 3 aromatic rings. The van der Waals surface area contributed by atoms with E-state index in [9.17, 15) is 23.3 Å². The number of nitro groups is 1. The van der Waals surface area contributed by atoms with Gasteiger partial charge in [0.1, 0.15) is 11.9 Å². The maximum atomic E-state index is 12.1. The van der Waals surface area contributed by atoms with E-state index in [0.29, 0.717) is 24.2 Å². The van der Waals surface area contributed by atoms with Crippen molar-refractivity contribution >= 4 is 33.4 Å². The topological polar surface area (TPSA) is 166 Å². The molecule has 12 nitrogen and oxygen atoms in total. The summed E-state index contributed by atoms with van der Waals surface area (Å²) in [5.74, 6) is 0.875. The van der Waals surface area contributed by atoms with E-state index in [4.69, 9.17) is 9.47 Å². The summed E-state index contributed by atoms with van der Waals surface area (Å²) in [5.41, 5.74) is 2.22. The highest BCUT2D eigenvalue weighted by Crippen LogP contribution is 2.36. The van der Waals surface area contributed by atoms with Crippen molar-refractivity contribution in [2.75, 3.05) is 5.32 Å². The Kier molecular flexibility index (Phi) is 5.86. The lowest BCUT2D eigenvalue weighted by Gasteiger charge is -2.12. The summed E-state index contributed by atoms with van der Waals surface area (Å²) in [6.07, 6.45) is 0.869. The normalized spacial score (nSPS) is 20.2. The van der Waals surface area contributed by atoms with Gasteiger partial charge in [0.05, 0.1) is 9.82 Å². The van der Waals surface area contributed by atoms with Crippen molar-refractivity contribution in [3.8, 4) is 5.75 Å². The van der Waals surface area contributed by atoms with E-state index in [2.05, 4.69) is 20.2 Å². The number of carbonyl (C=O) groups excluding carboxylic acids is 1. The van der Waals surface area contributed by atoms with Crippen LogP contribution in [0.4, 0.5) is 22.0 Å². The zero-order valence-electron chi connectivity index (χ0n) is 18.3. The fraction of sp³-hybridized carbons (Fsp3) is 0.273. The third-order valence-corrected chi connectivity index (χ3v) is 7.51. The first-order valence-electron chi connectivity index (χ1n) is 10.8. The highest BCUT2D eigenvalue weighted by molar-refractivity contribution is 7.89. The zero-order valence-corrected chi connectivity index (χ0v) is 19.1. The third-order valence-electron chi connectivity index (χ3n) is 6.01. The SMILES string of the molecule is O=C(Oc1ccc([N+](=O)[O-])cc1)O[C@@H]1CC[C@H](c2cc(Nc3ccc4c(c3)CNS4(=O)=O)n[nH]2)C1. The number of rotatable bonds is 6. The molecular weight excluding hydrogens is 478 g/mol. The van der Waals surface area contributed by atoms with Crippen molar-refractivity contribution in [2.45, 2.75) is 42.7 Å². The summed E-state index contributed by atoms with van der Waals surface area (Å²) >= 11 is 0. The average Bonchev–Trinajstić information content (AvgIpc) is 3.54. The molecule has 0 saturated heterocycles. The highest BCUT2D eigenvalue weighted by atomic mass is 32.2. The number of carbonyl (C=O) groups is 1. The van der Waals surface area contributed by atoms with Crippen LogP contribution in [-0.2, 0) is 21.3 Å². The predicted molar refractivity (Wildman–Crippen MR) is 123 cm³/mol. The summed E-state index contributed by atoms with van der Waals surface area (Å²) in [4.78, 5) is 22.6. The molecule has 0 spiro atoms. The van der Waals surface area contributed by atoms with Crippen LogP contribution in [-0.4, -0.2) is 35.8 Å². The molecule has 2 aromatic carbocycles. The van der Waals surface area contributed by atoms with Gasteiger partial charge in [-0.15, -0.1) is 0 Å².